The molecule has 1 amide bonds. The summed E-state index contributed by atoms with van der Waals surface area (Å²) in [5.41, 5.74) is 2.15. The molecule has 0 radical (unpaired) electrons. The average Bonchev–Trinajstić information content (AvgIpc) is 3.25. The minimum absolute atomic E-state index is 0.274. The van der Waals surface area contributed by atoms with Crippen molar-refractivity contribution in [2.45, 2.75) is 31.1 Å². The summed E-state index contributed by atoms with van der Waals surface area (Å²) in [6.07, 6.45) is 4.67. The highest BCUT2D eigenvalue weighted by atomic mass is 16.2. The number of hydrogen-bond donors (Lipinski definition) is 1. The minimum atomic E-state index is -0.274. The highest BCUT2D eigenvalue weighted by molar-refractivity contribution is 6.08. The Kier molecular flexibility index (Phi) is 2.46. The molecule has 100 valence electrons. The second-order valence-corrected chi connectivity index (χ2v) is 6.24. The summed E-state index contributed by atoms with van der Waals surface area (Å²) in [7, 11) is 0. The Hall–Kier alpha value is -1.35. The largest absolute Gasteiger partial charge is 0.315 e. The van der Waals surface area contributed by atoms with Crippen LogP contribution in [0.3, 0.4) is 0 Å². The minimum Gasteiger partial charge on any atom is -0.315 e. The van der Waals surface area contributed by atoms with Gasteiger partial charge in [0.1, 0.15) is 0 Å². The molecule has 19 heavy (non-hydrogen) atoms. The molecule has 4 rings (SSSR count). The van der Waals surface area contributed by atoms with Crippen molar-refractivity contribution in [3.8, 4) is 0 Å². The highest BCUT2D eigenvalue weighted by Gasteiger charge is 2.51. The predicted molar refractivity (Wildman–Crippen MR) is 75.3 cm³/mol. The fraction of sp³-hybridized carbons (Fsp3) is 0.562. The van der Waals surface area contributed by atoms with E-state index in [0.29, 0.717) is 5.91 Å². The van der Waals surface area contributed by atoms with Crippen LogP contribution in [-0.2, 0) is 10.2 Å². The van der Waals surface area contributed by atoms with Gasteiger partial charge in [0.2, 0.25) is 5.91 Å². The zero-order valence-corrected chi connectivity index (χ0v) is 11.2. The number of carbonyl (C=O) groups is 1. The number of carbonyl (C=O) groups excluding carboxylic acids is 1. The monoisotopic (exact) mass is 256 g/mol. The molecule has 0 aromatic heterocycles. The Labute approximate surface area is 114 Å². The van der Waals surface area contributed by atoms with E-state index in [1.807, 2.05) is 0 Å². The van der Waals surface area contributed by atoms with E-state index < -0.39 is 0 Å². The maximum atomic E-state index is 13.0. The molecule has 1 aliphatic carbocycles. The number of piperidine rings is 1. The van der Waals surface area contributed by atoms with Crippen LogP contribution < -0.4 is 10.2 Å². The SMILES string of the molecule is O=C1N(CC2CC2)c2ccccc2[C@@]12CCCNC2. The molecule has 1 aromatic carbocycles. The van der Waals surface area contributed by atoms with Crippen LogP contribution in [0.15, 0.2) is 24.3 Å². The third-order valence-corrected chi connectivity index (χ3v) is 4.89. The molecule has 2 fully saturated rings. The number of anilines is 1. The number of rotatable bonds is 2. The maximum Gasteiger partial charge on any atom is 0.239 e. The normalized spacial score (nSPS) is 29.9. The molecule has 1 N–H and O–H groups in total. The van der Waals surface area contributed by atoms with Crippen LogP contribution in [0.1, 0.15) is 31.2 Å². The van der Waals surface area contributed by atoms with Gasteiger partial charge in [0.05, 0.1) is 5.41 Å². The summed E-state index contributed by atoms with van der Waals surface area (Å²) in [6.45, 7) is 2.78. The lowest BCUT2D eigenvalue weighted by molar-refractivity contribution is -0.123. The van der Waals surface area contributed by atoms with E-state index in [2.05, 4.69) is 34.5 Å². The van der Waals surface area contributed by atoms with Gasteiger partial charge in [-0.25, -0.2) is 0 Å². The maximum absolute atomic E-state index is 13.0. The fourth-order valence-electron chi connectivity index (χ4n) is 3.65. The molecular formula is C16H20N2O. The molecular weight excluding hydrogens is 236 g/mol. The first-order chi connectivity index (χ1) is 9.31. The Morgan fingerprint density at radius 3 is 2.89 bits per heavy atom. The Morgan fingerprint density at radius 1 is 1.32 bits per heavy atom. The topological polar surface area (TPSA) is 32.3 Å². The molecule has 3 aliphatic rings. The number of amides is 1. The van der Waals surface area contributed by atoms with E-state index in [0.717, 1.165) is 38.4 Å². The number of fused-ring (bicyclic) bond motifs is 2. The van der Waals surface area contributed by atoms with Crippen LogP contribution in [0.5, 0.6) is 0 Å². The molecule has 2 aliphatic heterocycles. The zero-order chi connectivity index (χ0) is 12.9. The van der Waals surface area contributed by atoms with E-state index in [4.69, 9.17) is 0 Å². The van der Waals surface area contributed by atoms with Crippen molar-refractivity contribution in [2.75, 3.05) is 24.5 Å². The lowest BCUT2D eigenvalue weighted by Gasteiger charge is -2.33. The van der Waals surface area contributed by atoms with Crippen LogP contribution in [0.2, 0.25) is 0 Å². The fourth-order valence-corrected chi connectivity index (χ4v) is 3.65. The van der Waals surface area contributed by atoms with Crippen molar-refractivity contribution >= 4 is 11.6 Å². The lowest BCUT2D eigenvalue weighted by atomic mass is 9.76. The van der Waals surface area contributed by atoms with Crippen LogP contribution in [0.25, 0.3) is 0 Å². The molecule has 1 aromatic rings. The van der Waals surface area contributed by atoms with Crippen molar-refractivity contribution < 1.29 is 4.79 Å². The Morgan fingerprint density at radius 2 is 2.16 bits per heavy atom. The van der Waals surface area contributed by atoms with Crippen LogP contribution >= 0.6 is 0 Å². The van der Waals surface area contributed by atoms with Crippen molar-refractivity contribution in [2.24, 2.45) is 5.92 Å². The van der Waals surface area contributed by atoms with Gasteiger partial charge in [-0.2, -0.15) is 0 Å². The zero-order valence-electron chi connectivity index (χ0n) is 11.2. The molecule has 2 heterocycles. The van der Waals surface area contributed by atoms with Crippen LogP contribution in [0, 0.1) is 5.92 Å². The Bertz CT molecular complexity index is 515. The summed E-state index contributed by atoms with van der Waals surface area (Å²) in [5.74, 6) is 1.08. The number of para-hydroxylation sites is 1. The van der Waals surface area contributed by atoms with Crippen molar-refractivity contribution in [3.63, 3.8) is 0 Å². The average molecular weight is 256 g/mol. The van der Waals surface area contributed by atoms with Gasteiger partial charge in [0, 0.05) is 18.8 Å². The van der Waals surface area contributed by atoms with Gasteiger partial charge in [-0.15, -0.1) is 0 Å². The van der Waals surface area contributed by atoms with Gasteiger partial charge in [-0.05, 0) is 49.8 Å². The first kappa shape index (κ1) is 11.5. The first-order valence-electron chi connectivity index (χ1n) is 7.43. The molecule has 1 spiro atoms. The number of nitrogens with one attached hydrogen (secondary N) is 1. The van der Waals surface area contributed by atoms with Crippen LogP contribution in [-0.4, -0.2) is 25.5 Å². The molecule has 0 bridgehead atoms. The van der Waals surface area contributed by atoms with Crippen molar-refractivity contribution in [1.82, 2.24) is 5.32 Å². The van der Waals surface area contributed by atoms with Gasteiger partial charge in [-0.3, -0.25) is 4.79 Å². The van der Waals surface area contributed by atoms with E-state index in [9.17, 15) is 4.79 Å². The second kappa shape index (κ2) is 4.07. The second-order valence-electron chi connectivity index (χ2n) is 6.24. The summed E-state index contributed by atoms with van der Waals surface area (Å²) in [5, 5.41) is 3.43. The molecule has 3 heteroatoms. The van der Waals surface area contributed by atoms with Crippen molar-refractivity contribution in [1.29, 1.82) is 0 Å². The first-order valence-corrected chi connectivity index (χ1v) is 7.43. The number of benzene rings is 1. The molecule has 0 unspecified atom stereocenters. The van der Waals surface area contributed by atoms with Crippen LogP contribution in [0.4, 0.5) is 5.69 Å². The van der Waals surface area contributed by atoms with E-state index in [1.165, 1.54) is 24.1 Å². The summed E-state index contributed by atoms with van der Waals surface area (Å²) >= 11 is 0. The van der Waals surface area contributed by atoms with Gasteiger partial charge < -0.3 is 10.2 Å². The quantitative estimate of drug-likeness (QED) is 0.878. The molecule has 1 saturated carbocycles. The molecule has 1 saturated heterocycles. The Balaban J connectivity index is 1.78. The van der Waals surface area contributed by atoms with Gasteiger partial charge in [-0.1, -0.05) is 18.2 Å². The molecule has 3 nitrogen and oxygen atoms in total. The third kappa shape index (κ3) is 1.64. The smallest absolute Gasteiger partial charge is 0.239 e. The third-order valence-electron chi connectivity index (χ3n) is 4.89. The van der Waals surface area contributed by atoms with Crippen molar-refractivity contribution in [3.05, 3.63) is 29.8 Å². The standard InChI is InChI=1S/C16H20N2O/c19-15-16(8-3-9-17-11-16)13-4-1-2-5-14(13)18(15)10-12-6-7-12/h1-2,4-5,12,17H,3,6-11H2/t16-/m0/s1. The number of hydrogen-bond acceptors (Lipinski definition) is 2. The predicted octanol–water partition coefficient (Wildman–Crippen LogP) is 2.06. The lowest BCUT2D eigenvalue weighted by Crippen LogP contribution is -2.50. The van der Waals surface area contributed by atoms with Gasteiger partial charge in [0.15, 0.2) is 0 Å². The van der Waals surface area contributed by atoms with Gasteiger partial charge in [0.25, 0.3) is 0 Å². The summed E-state index contributed by atoms with van der Waals surface area (Å²) < 4.78 is 0. The summed E-state index contributed by atoms with van der Waals surface area (Å²) in [4.78, 5) is 15.1. The van der Waals surface area contributed by atoms with E-state index in [1.54, 1.807) is 0 Å². The molecule has 1 atom stereocenters. The van der Waals surface area contributed by atoms with E-state index >= 15 is 0 Å². The van der Waals surface area contributed by atoms with E-state index in [-0.39, 0.29) is 5.41 Å². The highest BCUT2D eigenvalue weighted by Crippen LogP contribution is 2.46. The van der Waals surface area contributed by atoms with Gasteiger partial charge >= 0.3 is 0 Å². The number of nitrogens with zero attached hydrogens (tertiary/aromatic N) is 1. The summed E-state index contributed by atoms with van der Waals surface area (Å²) in [6, 6.07) is 8.41.